The van der Waals surface area contributed by atoms with E-state index in [0.717, 1.165) is 36.2 Å². The van der Waals surface area contributed by atoms with Crippen LogP contribution in [0.1, 0.15) is 57.4 Å². The molecule has 3 rings (SSSR count). The van der Waals surface area contributed by atoms with E-state index in [2.05, 4.69) is 25.8 Å². The number of rotatable bonds is 7. The predicted octanol–water partition coefficient (Wildman–Crippen LogP) is 3.11. The number of benzene rings is 1. The molecule has 1 atom stereocenters. The van der Waals surface area contributed by atoms with Crippen molar-refractivity contribution in [3.8, 4) is 0 Å². The van der Waals surface area contributed by atoms with Gasteiger partial charge >= 0.3 is 0 Å². The minimum Gasteiger partial charge on any atom is -0.352 e. The molecule has 1 heterocycles. The Hall–Kier alpha value is -2.08. The van der Waals surface area contributed by atoms with Gasteiger partial charge in [-0.25, -0.2) is 0 Å². The highest BCUT2D eigenvalue weighted by atomic mass is 16.1. The number of anilines is 1. The maximum absolute atomic E-state index is 11.7. The van der Waals surface area contributed by atoms with Crippen LogP contribution >= 0.6 is 0 Å². The van der Waals surface area contributed by atoms with Crippen molar-refractivity contribution in [1.82, 2.24) is 15.5 Å². The molecule has 1 amide bonds. The average Bonchev–Trinajstić information content (AvgIpc) is 3.38. The second-order valence-electron chi connectivity index (χ2n) is 7.98. The zero-order valence-corrected chi connectivity index (χ0v) is 17.3. The van der Waals surface area contributed by atoms with Gasteiger partial charge in [0.2, 0.25) is 5.91 Å². The lowest BCUT2D eigenvalue weighted by atomic mass is 10.2. The normalized spacial score (nSPS) is 21.1. The molecule has 0 bridgehead atoms. The summed E-state index contributed by atoms with van der Waals surface area (Å²) in [6.07, 6.45) is 8.13. The van der Waals surface area contributed by atoms with Gasteiger partial charge in [-0.15, -0.1) is 0 Å². The Balaban J connectivity index is 1.42. The SMILES string of the molecule is CCCC(=O)Nc1ccc(CNC(=NC)NC2CCN(C3CCCC3)C2)cc1. The topological polar surface area (TPSA) is 68.8 Å². The summed E-state index contributed by atoms with van der Waals surface area (Å²) in [6, 6.07) is 9.27. The molecule has 6 nitrogen and oxygen atoms in total. The first kappa shape index (κ1) is 20.6. The van der Waals surface area contributed by atoms with Crippen LogP contribution in [-0.4, -0.2) is 49.0 Å². The van der Waals surface area contributed by atoms with Crippen LogP contribution in [0.4, 0.5) is 5.69 Å². The van der Waals surface area contributed by atoms with Gasteiger partial charge in [-0.2, -0.15) is 0 Å². The van der Waals surface area contributed by atoms with Crippen molar-refractivity contribution >= 4 is 17.6 Å². The molecule has 1 saturated carbocycles. The Morgan fingerprint density at radius 3 is 2.61 bits per heavy atom. The fourth-order valence-corrected chi connectivity index (χ4v) is 4.24. The zero-order valence-electron chi connectivity index (χ0n) is 17.3. The second kappa shape index (κ2) is 10.5. The molecule has 0 aromatic heterocycles. The third-order valence-electron chi connectivity index (χ3n) is 5.80. The highest BCUT2D eigenvalue weighted by Crippen LogP contribution is 2.26. The quantitative estimate of drug-likeness (QED) is 0.498. The number of nitrogens with zero attached hydrogens (tertiary/aromatic N) is 2. The number of hydrogen-bond acceptors (Lipinski definition) is 3. The van der Waals surface area contributed by atoms with Crippen molar-refractivity contribution in [2.75, 3.05) is 25.5 Å². The van der Waals surface area contributed by atoms with Crippen molar-refractivity contribution in [3.63, 3.8) is 0 Å². The van der Waals surface area contributed by atoms with Crippen LogP contribution in [0.15, 0.2) is 29.3 Å². The Kier molecular flexibility index (Phi) is 7.71. The molecule has 1 aliphatic carbocycles. The number of likely N-dealkylation sites (tertiary alicyclic amines) is 1. The largest absolute Gasteiger partial charge is 0.352 e. The number of aliphatic imine (C=N–C) groups is 1. The van der Waals surface area contributed by atoms with Crippen molar-refractivity contribution in [3.05, 3.63) is 29.8 Å². The molecule has 2 aliphatic rings. The van der Waals surface area contributed by atoms with Crippen molar-refractivity contribution < 1.29 is 4.79 Å². The van der Waals surface area contributed by atoms with E-state index < -0.39 is 0 Å². The second-order valence-corrected chi connectivity index (χ2v) is 7.98. The first-order valence-corrected chi connectivity index (χ1v) is 10.8. The molecule has 3 N–H and O–H groups in total. The first-order valence-electron chi connectivity index (χ1n) is 10.8. The Morgan fingerprint density at radius 2 is 1.93 bits per heavy atom. The van der Waals surface area contributed by atoms with Gasteiger partial charge in [0.05, 0.1) is 0 Å². The summed E-state index contributed by atoms with van der Waals surface area (Å²) in [4.78, 5) is 18.7. The third-order valence-corrected chi connectivity index (χ3v) is 5.80. The van der Waals surface area contributed by atoms with Gasteiger partial charge < -0.3 is 16.0 Å². The van der Waals surface area contributed by atoms with Crippen LogP contribution in [0.3, 0.4) is 0 Å². The Morgan fingerprint density at radius 1 is 1.18 bits per heavy atom. The fourth-order valence-electron chi connectivity index (χ4n) is 4.24. The van der Waals surface area contributed by atoms with Gasteiger partial charge in [-0.3, -0.25) is 14.7 Å². The third kappa shape index (κ3) is 5.96. The molecule has 1 aliphatic heterocycles. The maximum atomic E-state index is 11.7. The van der Waals surface area contributed by atoms with Crippen LogP contribution in [-0.2, 0) is 11.3 Å². The van der Waals surface area contributed by atoms with E-state index in [9.17, 15) is 4.79 Å². The van der Waals surface area contributed by atoms with Crippen LogP contribution < -0.4 is 16.0 Å². The summed E-state index contributed by atoms with van der Waals surface area (Å²) in [5.74, 6) is 0.930. The molecular weight excluding hydrogens is 350 g/mol. The van der Waals surface area contributed by atoms with E-state index in [4.69, 9.17) is 0 Å². The summed E-state index contributed by atoms with van der Waals surface area (Å²) in [7, 11) is 1.82. The van der Waals surface area contributed by atoms with Crippen LogP contribution in [0.5, 0.6) is 0 Å². The van der Waals surface area contributed by atoms with E-state index in [1.54, 1.807) is 0 Å². The zero-order chi connectivity index (χ0) is 19.8. The average molecular weight is 386 g/mol. The summed E-state index contributed by atoms with van der Waals surface area (Å²) < 4.78 is 0. The van der Waals surface area contributed by atoms with Crippen LogP contribution in [0, 0.1) is 0 Å². The van der Waals surface area contributed by atoms with Crippen LogP contribution in [0.25, 0.3) is 0 Å². The highest BCUT2D eigenvalue weighted by Gasteiger charge is 2.30. The molecule has 1 aromatic rings. The van der Waals surface area contributed by atoms with Crippen molar-refractivity contribution in [2.45, 2.75) is 70.5 Å². The van der Waals surface area contributed by atoms with Crippen molar-refractivity contribution in [1.29, 1.82) is 0 Å². The maximum Gasteiger partial charge on any atom is 0.224 e. The standard InChI is InChI=1S/C22H35N5O/c1-3-6-21(28)25-18-11-9-17(10-12-18)15-24-22(23-2)26-19-13-14-27(16-19)20-7-4-5-8-20/h9-12,19-20H,3-8,13-16H2,1-2H3,(H,25,28)(H2,23,24,26). The molecule has 1 unspecified atom stereocenters. The molecule has 28 heavy (non-hydrogen) atoms. The molecular formula is C22H35N5O. The number of hydrogen-bond donors (Lipinski definition) is 3. The minimum atomic E-state index is 0.0705. The lowest BCUT2D eigenvalue weighted by Crippen LogP contribution is -2.45. The van der Waals surface area contributed by atoms with Gasteiger partial charge in [0, 0.05) is 50.9 Å². The summed E-state index contributed by atoms with van der Waals surface area (Å²) in [5.41, 5.74) is 2.01. The monoisotopic (exact) mass is 385 g/mol. The minimum absolute atomic E-state index is 0.0705. The number of carbonyl (C=O) groups is 1. The molecule has 0 spiro atoms. The van der Waals surface area contributed by atoms with E-state index in [-0.39, 0.29) is 5.91 Å². The fraction of sp³-hybridized carbons (Fsp3) is 0.636. The Bertz CT molecular complexity index is 651. The number of amides is 1. The van der Waals surface area contributed by atoms with Gasteiger partial charge in [0.1, 0.15) is 0 Å². The summed E-state index contributed by atoms with van der Waals surface area (Å²) in [6.45, 7) is 5.04. The van der Waals surface area contributed by atoms with E-state index in [1.165, 1.54) is 38.6 Å². The van der Waals surface area contributed by atoms with E-state index >= 15 is 0 Å². The molecule has 1 saturated heterocycles. The summed E-state index contributed by atoms with van der Waals surface area (Å²) >= 11 is 0. The first-order chi connectivity index (χ1) is 13.7. The molecule has 0 radical (unpaired) electrons. The molecule has 2 fully saturated rings. The molecule has 154 valence electrons. The molecule has 6 heteroatoms. The lowest BCUT2D eigenvalue weighted by molar-refractivity contribution is -0.116. The van der Waals surface area contributed by atoms with Crippen molar-refractivity contribution in [2.24, 2.45) is 4.99 Å². The number of guanidine groups is 1. The number of nitrogens with one attached hydrogen (secondary N) is 3. The van der Waals surface area contributed by atoms with Gasteiger partial charge in [-0.05, 0) is 43.4 Å². The Labute approximate surface area is 169 Å². The van der Waals surface area contributed by atoms with Crippen LogP contribution in [0.2, 0.25) is 0 Å². The predicted molar refractivity (Wildman–Crippen MR) is 116 cm³/mol. The van der Waals surface area contributed by atoms with Gasteiger partial charge in [0.25, 0.3) is 0 Å². The number of carbonyl (C=O) groups excluding carboxylic acids is 1. The van der Waals surface area contributed by atoms with E-state index in [0.29, 0.717) is 19.0 Å². The van der Waals surface area contributed by atoms with Gasteiger partial charge in [-0.1, -0.05) is 31.9 Å². The molecule has 1 aromatic carbocycles. The van der Waals surface area contributed by atoms with Gasteiger partial charge in [0.15, 0.2) is 5.96 Å². The summed E-state index contributed by atoms with van der Waals surface area (Å²) in [5, 5.41) is 9.91. The highest BCUT2D eigenvalue weighted by molar-refractivity contribution is 5.90. The van der Waals surface area contributed by atoms with E-state index in [1.807, 2.05) is 38.2 Å². The smallest absolute Gasteiger partial charge is 0.224 e. The lowest BCUT2D eigenvalue weighted by Gasteiger charge is -2.24.